The average molecular weight is 284 g/mol. The number of aromatic nitrogens is 2. The van der Waals surface area contributed by atoms with Crippen LogP contribution in [-0.2, 0) is 0 Å². The number of rotatable bonds is 4. The smallest absolute Gasteiger partial charge is 0.207 e. The first-order valence-corrected chi connectivity index (χ1v) is 7.79. The van der Waals surface area contributed by atoms with Gasteiger partial charge in [0.15, 0.2) is 0 Å². The Kier molecular flexibility index (Phi) is 4.25. The first-order valence-electron chi connectivity index (χ1n) is 7.79. The van der Waals surface area contributed by atoms with Crippen LogP contribution in [0.15, 0.2) is 36.5 Å². The number of benzene rings is 1. The predicted molar refractivity (Wildman–Crippen MR) is 87.1 cm³/mol. The second kappa shape index (κ2) is 6.31. The molecule has 2 aromatic rings. The SMILES string of the molecule is Cc1cn(-c2ccccc2)c(NCC2CCCCN2C)n1. The number of likely N-dealkylation sites (N-methyl/N-ethyl adjacent to an activating group) is 1. The number of para-hydroxylation sites is 1. The first kappa shape index (κ1) is 14.1. The third-order valence-corrected chi connectivity index (χ3v) is 4.28. The average Bonchev–Trinajstić information content (AvgIpc) is 2.88. The van der Waals surface area contributed by atoms with Crippen molar-refractivity contribution in [3.05, 3.63) is 42.2 Å². The zero-order chi connectivity index (χ0) is 14.7. The Morgan fingerprint density at radius 1 is 1.24 bits per heavy atom. The van der Waals surface area contributed by atoms with Gasteiger partial charge in [-0.2, -0.15) is 0 Å². The van der Waals surface area contributed by atoms with Crippen LogP contribution in [0.2, 0.25) is 0 Å². The molecule has 1 unspecified atom stereocenters. The number of hydrogen-bond donors (Lipinski definition) is 1. The molecule has 2 heterocycles. The Balaban J connectivity index is 1.74. The summed E-state index contributed by atoms with van der Waals surface area (Å²) < 4.78 is 2.14. The predicted octanol–water partition coefficient (Wildman–Crippen LogP) is 3.08. The molecule has 1 atom stereocenters. The molecule has 1 fully saturated rings. The van der Waals surface area contributed by atoms with Crippen molar-refractivity contribution in [1.29, 1.82) is 0 Å². The Morgan fingerprint density at radius 3 is 2.81 bits per heavy atom. The Morgan fingerprint density at radius 2 is 2.05 bits per heavy atom. The van der Waals surface area contributed by atoms with Crippen LogP contribution in [0.3, 0.4) is 0 Å². The van der Waals surface area contributed by atoms with Gasteiger partial charge in [-0.25, -0.2) is 4.98 Å². The number of anilines is 1. The van der Waals surface area contributed by atoms with E-state index in [2.05, 4.69) is 57.3 Å². The van der Waals surface area contributed by atoms with Crippen LogP contribution < -0.4 is 5.32 Å². The van der Waals surface area contributed by atoms with Crippen LogP contribution in [0.4, 0.5) is 5.95 Å². The molecule has 0 radical (unpaired) electrons. The minimum atomic E-state index is 0.611. The van der Waals surface area contributed by atoms with E-state index in [0.29, 0.717) is 6.04 Å². The fourth-order valence-electron chi connectivity index (χ4n) is 3.02. The molecule has 0 aliphatic carbocycles. The molecule has 4 nitrogen and oxygen atoms in total. The van der Waals surface area contributed by atoms with Crippen molar-refractivity contribution in [2.75, 3.05) is 25.5 Å². The van der Waals surface area contributed by atoms with Crippen LogP contribution >= 0.6 is 0 Å². The highest BCUT2D eigenvalue weighted by Gasteiger charge is 2.19. The highest BCUT2D eigenvalue weighted by Crippen LogP contribution is 2.19. The monoisotopic (exact) mass is 284 g/mol. The minimum absolute atomic E-state index is 0.611. The lowest BCUT2D eigenvalue weighted by Gasteiger charge is -2.32. The van der Waals surface area contributed by atoms with Crippen molar-refractivity contribution >= 4 is 5.95 Å². The van der Waals surface area contributed by atoms with Crippen molar-refractivity contribution < 1.29 is 0 Å². The lowest BCUT2D eigenvalue weighted by molar-refractivity contribution is 0.194. The number of likely N-dealkylation sites (tertiary alicyclic amines) is 1. The van der Waals surface area contributed by atoms with Crippen LogP contribution in [0, 0.1) is 6.92 Å². The lowest BCUT2D eigenvalue weighted by atomic mass is 10.0. The van der Waals surface area contributed by atoms with Crippen molar-refractivity contribution in [3.63, 3.8) is 0 Å². The van der Waals surface area contributed by atoms with Crippen molar-refractivity contribution in [2.24, 2.45) is 0 Å². The van der Waals surface area contributed by atoms with E-state index in [1.807, 2.05) is 13.0 Å². The maximum Gasteiger partial charge on any atom is 0.207 e. The summed E-state index contributed by atoms with van der Waals surface area (Å²) in [7, 11) is 2.22. The molecular weight excluding hydrogens is 260 g/mol. The summed E-state index contributed by atoms with van der Waals surface area (Å²) in [6.45, 7) is 4.20. The highest BCUT2D eigenvalue weighted by atomic mass is 15.2. The third-order valence-electron chi connectivity index (χ3n) is 4.28. The lowest BCUT2D eigenvalue weighted by Crippen LogP contribution is -2.41. The summed E-state index contributed by atoms with van der Waals surface area (Å²) in [6, 6.07) is 11.0. The fourth-order valence-corrected chi connectivity index (χ4v) is 3.02. The van der Waals surface area contributed by atoms with E-state index in [1.165, 1.54) is 25.8 Å². The molecule has 0 spiro atoms. The third kappa shape index (κ3) is 3.27. The van der Waals surface area contributed by atoms with E-state index in [0.717, 1.165) is 23.9 Å². The zero-order valence-electron chi connectivity index (χ0n) is 12.9. The molecule has 0 saturated carbocycles. The Hall–Kier alpha value is -1.81. The highest BCUT2D eigenvalue weighted by molar-refractivity contribution is 5.43. The van der Waals surface area contributed by atoms with E-state index in [-0.39, 0.29) is 0 Å². The van der Waals surface area contributed by atoms with Crippen molar-refractivity contribution in [3.8, 4) is 5.69 Å². The van der Waals surface area contributed by atoms with E-state index in [9.17, 15) is 0 Å². The molecule has 1 aromatic heterocycles. The molecule has 1 N–H and O–H groups in total. The first-order chi connectivity index (χ1) is 10.2. The number of aryl methyl sites for hydroxylation is 1. The van der Waals surface area contributed by atoms with Crippen LogP contribution in [0.1, 0.15) is 25.0 Å². The van der Waals surface area contributed by atoms with E-state index in [1.54, 1.807) is 0 Å². The summed E-state index contributed by atoms with van der Waals surface area (Å²) in [5.41, 5.74) is 2.19. The molecular formula is C17H24N4. The standard InChI is InChI=1S/C17H24N4/c1-14-13-21(15-8-4-3-5-9-15)17(19-14)18-12-16-10-6-7-11-20(16)2/h3-5,8-9,13,16H,6-7,10-12H2,1-2H3,(H,18,19). The van der Waals surface area contributed by atoms with Gasteiger partial charge in [-0.3, -0.25) is 4.57 Å². The number of nitrogens with zero attached hydrogens (tertiary/aromatic N) is 3. The molecule has 1 saturated heterocycles. The molecule has 1 aliphatic heterocycles. The maximum absolute atomic E-state index is 4.63. The zero-order valence-corrected chi connectivity index (χ0v) is 12.9. The topological polar surface area (TPSA) is 33.1 Å². The van der Waals surface area contributed by atoms with Gasteiger partial charge in [0.25, 0.3) is 0 Å². The normalized spacial score (nSPS) is 19.6. The van der Waals surface area contributed by atoms with Gasteiger partial charge in [-0.05, 0) is 45.5 Å². The summed E-state index contributed by atoms with van der Waals surface area (Å²) in [5, 5.41) is 3.54. The second-order valence-electron chi connectivity index (χ2n) is 5.92. The molecule has 0 amide bonds. The molecule has 0 bridgehead atoms. The van der Waals surface area contributed by atoms with Crippen LogP contribution in [0.25, 0.3) is 5.69 Å². The van der Waals surface area contributed by atoms with Gasteiger partial charge in [-0.1, -0.05) is 24.6 Å². The van der Waals surface area contributed by atoms with E-state index >= 15 is 0 Å². The van der Waals surface area contributed by atoms with Gasteiger partial charge in [0.1, 0.15) is 0 Å². The minimum Gasteiger partial charge on any atom is -0.354 e. The van der Waals surface area contributed by atoms with Crippen molar-refractivity contribution in [1.82, 2.24) is 14.5 Å². The van der Waals surface area contributed by atoms with Gasteiger partial charge in [0.05, 0.1) is 5.69 Å². The number of imidazole rings is 1. The van der Waals surface area contributed by atoms with Crippen LogP contribution in [-0.4, -0.2) is 40.6 Å². The fraction of sp³-hybridized carbons (Fsp3) is 0.471. The number of piperidine rings is 1. The molecule has 3 rings (SSSR count). The van der Waals surface area contributed by atoms with Crippen molar-refractivity contribution in [2.45, 2.75) is 32.2 Å². The number of hydrogen-bond acceptors (Lipinski definition) is 3. The van der Waals surface area contributed by atoms with Gasteiger partial charge in [0.2, 0.25) is 5.95 Å². The summed E-state index contributed by atoms with van der Waals surface area (Å²) >= 11 is 0. The number of nitrogens with one attached hydrogen (secondary N) is 1. The van der Waals surface area contributed by atoms with Gasteiger partial charge < -0.3 is 10.2 Å². The summed E-state index contributed by atoms with van der Waals surface area (Å²) in [4.78, 5) is 7.09. The van der Waals surface area contributed by atoms with Gasteiger partial charge >= 0.3 is 0 Å². The Labute approximate surface area is 126 Å². The molecule has 112 valence electrons. The molecule has 1 aromatic carbocycles. The quantitative estimate of drug-likeness (QED) is 0.936. The van der Waals surface area contributed by atoms with Crippen LogP contribution in [0.5, 0.6) is 0 Å². The molecule has 1 aliphatic rings. The maximum atomic E-state index is 4.63. The second-order valence-corrected chi connectivity index (χ2v) is 5.92. The van der Waals surface area contributed by atoms with E-state index < -0.39 is 0 Å². The summed E-state index contributed by atoms with van der Waals surface area (Å²) in [6.07, 6.45) is 6.02. The van der Waals surface area contributed by atoms with E-state index in [4.69, 9.17) is 0 Å². The Bertz CT molecular complexity index is 576. The molecule has 4 heteroatoms. The van der Waals surface area contributed by atoms with Gasteiger partial charge in [0, 0.05) is 24.5 Å². The largest absolute Gasteiger partial charge is 0.354 e. The molecule has 21 heavy (non-hydrogen) atoms. The van der Waals surface area contributed by atoms with Gasteiger partial charge in [-0.15, -0.1) is 0 Å². The summed E-state index contributed by atoms with van der Waals surface area (Å²) in [5.74, 6) is 0.942.